The van der Waals surface area contributed by atoms with E-state index >= 15 is 0 Å². The van der Waals surface area contributed by atoms with Gasteiger partial charge in [0.25, 0.3) is 0 Å². The lowest BCUT2D eigenvalue weighted by atomic mass is 10.2. The van der Waals surface area contributed by atoms with Crippen LogP contribution in [-0.4, -0.2) is 13.0 Å². The number of aryl methyl sites for hydroxylation is 2. The highest BCUT2D eigenvalue weighted by Crippen LogP contribution is 2.16. The summed E-state index contributed by atoms with van der Waals surface area (Å²) in [6, 6.07) is 11.4. The number of hydrogen-bond donors (Lipinski definition) is 1. The largest absolute Gasteiger partial charge is 0.422 e. The fraction of sp³-hybridized carbons (Fsp3) is 0.176. The lowest BCUT2D eigenvalue weighted by molar-refractivity contribution is 0.432. The number of nitrogens with one attached hydrogen (secondary N) is 1. The van der Waals surface area contributed by atoms with Gasteiger partial charge in [-0.2, -0.15) is 0 Å². The van der Waals surface area contributed by atoms with E-state index in [1.165, 1.54) is 25.2 Å². The standard InChI is InChI=1S/C17H16N2O5S/c1-11-3-5-12(6-4-11)10-18-25(22,23)13-7-8-15-14(9-13)16(20)24-17(21)19(15)2/h3-9,18H,10H2,1-2H3. The van der Waals surface area contributed by atoms with E-state index in [2.05, 4.69) is 9.14 Å². The van der Waals surface area contributed by atoms with Crippen LogP contribution in [-0.2, 0) is 23.6 Å². The molecule has 3 rings (SSSR count). The van der Waals surface area contributed by atoms with Gasteiger partial charge in [-0.05, 0) is 30.7 Å². The first-order valence-corrected chi connectivity index (χ1v) is 8.95. The summed E-state index contributed by atoms with van der Waals surface area (Å²) >= 11 is 0. The van der Waals surface area contributed by atoms with Gasteiger partial charge in [-0.1, -0.05) is 29.8 Å². The molecule has 0 unspecified atom stereocenters. The third kappa shape index (κ3) is 3.40. The molecule has 0 aliphatic carbocycles. The van der Waals surface area contributed by atoms with Gasteiger partial charge in [-0.3, -0.25) is 4.57 Å². The molecule has 0 amide bonds. The van der Waals surface area contributed by atoms with E-state index in [4.69, 9.17) is 0 Å². The fourth-order valence-electron chi connectivity index (χ4n) is 2.41. The Morgan fingerprint density at radius 3 is 2.44 bits per heavy atom. The maximum atomic E-state index is 12.5. The summed E-state index contributed by atoms with van der Waals surface area (Å²) in [6.45, 7) is 2.07. The first kappa shape index (κ1) is 17.1. The van der Waals surface area contributed by atoms with Crippen molar-refractivity contribution in [2.24, 2.45) is 7.05 Å². The van der Waals surface area contributed by atoms with Crippen LogP contribution in [0.2, 0.25) is 0 Å². The number of nitrogens with zero attached hydrogens (tertiary/aromatic N) is 1. The SMILES string of the molecule is Cc1ccc(CNS(=O)(=O)c2ccc3c(c2)c(=O)oc(=O)n3C)cc1. The minimum Gasteiger partial charge on any atom is -0.372 e. The molecule has 0 aliphatic heterocycles. The van der Waals surface area contributed by atoms with Gasteiger partial charge in [0.05, 0.1) is 15.8 Å². The molecule has 0 spiro atoms. The molecule has 0 saturated carbocycles. The molecule has 0 aliphatic rings. The Labute approximate surface area is 143 Å². The summed E-state index contributed by atoms with van der Waals surface area (Å²) in [6.07, 6.45) is 0. The fourth-order valence-corrected chi connectivity index (χ4v) is 3.45. The molecule has 3 aromatic rings. The summed E-state index contributed by atoms with van der Waals surface area (Å²) in [7, 11) is -2.38. The van der Waals surface area contributed by atoms with Gasteiger partial charge in [0.15, 0.2) is 0 Å². The van der Waals surface area contributed by atoms with Crippen LogP contribution in [0, 0.1) is 6.92 Å². The molecule has 0 fully saturated rings. The van der Waals surface area contributed by atoms with E-state index in [9.17, 15) is 18.0 Å². The second-order valence-electron chi connectivity index (χ2n) is 5.70. The monoisotopic (exact) mass is 360 g/mol. The highest BCUT2D eigenvalue weighted by Gasteiger charge is 2.16. The summed E-state index contributed by atoms with van der Waals surface area (Å²) in [4.78, 5) is 23.3. The third-order valence-electron chi connectivity index (χ3n) is 3.90. The second-order valence-corrected chi connectivity index (χ2v) is 7.47. The molecule has 1 aromatic heterocycles. The van der Waals surface area contributed by atoms with Gasteiger partial charge in [0, 0.05) is 13.6 Å². The van der Waals surface area contributed by atoms with Gasteiger partial charge < -0.3 is 4.42 Å². The molecule has 25 heavy (non-hydrogen) atoms. The quantitative estimate of drug-likeness (QED) is 0.756. The summed E-state index contributed by atoms with van der Waals surface area (Å²) < 4.78 is 33.1. The van der Waals surface area contributed by atoms with Gasteiger partial charge in [-0.15, -0.1) is 0 Å². The van der Waals surface area contributed by atoms with Crippen LogP contribution in [0.4, 0.5) is 0 Å². The molecule has 0 saturated heterocycles. The maximum absolute atomic E-state index is 12.5. The zero-order valence-electron chi connectivity index (χ0n) is 13.6. The Hall–Kier alpha value is -2.71. The maximum Gasteiger partial charge on any atom is 0.422 e. The predicted octanol–water partition coefficient (Wildman–Crippen LogP) is 1.28. The Morgan fingerprint density at radius 2 is 1.76 bits per heavy atom. The van der Waals surface area contributed by atoms with Crippen LogP contribution < -0.4 is 16.1 Å². The lowest BCUT2D eigenvalue weighted by Crippen LogP contribution is -2.25. The number of rotatable bonds is 4. The van der Waals surface area contributed by atoms with E-state index in [1.54, 1.807) is 0 Å². The molecule has 130 valence electrons. The average molecular weight is 360 g/mol. The van der Waals surface area contributed by atoms with Crippen LogP contribution in [0.1, 0.15) is 11.1 Å². The summed E-state index contributed by atoms with van der Waals surface area (Å²) in [5.41, 5.74) is 1.34. The molecule has 7 nitrogen and oxygen atoms in total. The van der Waals surface area contributed by atoms with Crippen LogP contribution >= 0.6 is 0 Å². The van der Waals surface area contributed by atoms with Crippen molar-refractivity contribution >= 4 is 20.9 Å². The van der Waals surface area contributed by atoms with Crippen molar-refractivity contribution in [1.29, 1.82) is 0 Å². The van der Waals surface area contributed by atoms with E-state index in [-0.39, 0.29) is 16.8 Å². The van der Waals surface area contributed by atoms with Crippen LogP contribution in [0.3, 0.4) is 0 Å². The number of benzene rings is 2. The van der Waals surface area contributed by atoms with E-state index in [0.717, 1.165) is 15.7 Å². The third-order valence-corrected chi connectivity index (χ3v) is 5.30. The molecule has 1 heterocycles. The lowest BCUT2D eigenvalue weighted by Gasteiger charge is -2.09. The number of sulfonamides is 1. The van der Waals surface area contributed by atoms with E-state index < -0.39 is 21.4 Å². The number of fused-ring (bicyclic) bond motifs is 1. The highest BCUT2D eigenvalue weighted by molar-refractivity contribution is 7.89. The molecule has 0 atom stereocenters. The van der Waals surface area contributed by atoms with Gasteiger partial charge in [0.2, 0.25) is 10.0 Å². The van der Waals surface area contributed by atoms with Crippen molar-refractivity contribution < 1.29 is 12.8 Å². The minimum absolute atomic E-state index is 0.0281. The zero-order chi connectivity index (χ0) is 18.2. The van der Waals surface area contributed by atoms with E-state index in [0.29, 0.717) is 5.52 Å². The van der Waals surface area contributed by atoms with Crippen molar-refractivity contribution in [2.75, 3.05) is 0 Å². The molecule has 1 N–H and O–H groups in total. The second kappa shape index (κ2) is 6.30. The Bertz CT molecular complexity index is 1160. The topological polar surface area (TPSA) is 98.4 Å². The van der Waals surface area contributed by atoms with Crippen molar-refractivity contribution in [3.63, 3.8) is 0 Å². The summed E-state index contributed by atoms with van der Waals surface area (Å²) in [5.74, 6) is -0.800. The van der Waals surface area contributed by atoms with Crippen LogP contribution in [0.15, 0.2) is 61.4 Å². The number of hydrogen-bond acceptors (Lipinski definition) is 5. The molecule has 2 aromatic carbocycles. The smallest absolute Gasteiger partial charge is 0.372 e. The van der Waals surface area contributed by atoms with Crippen molar-refractivity contribution in [3.05, 3.63) is 74.6 Å². The summed E-state index contributed by atoms with van der Waals surface area (Å²) in [5, 5.41) is 0.0281. The van der Waals surface area contributed by atoms with Crippen molar-refractivity contribution in [3.8, 4) is 0 Å². The normalized spacial score (nSPS) is 11.8. The van der Waals surface area contributed by atoms with Crippen molar-refractivity contribution in [2.45, 2.75) is 18.4 Å². The van der Waals surface area contributed by atoms with E-state index in [1.807, 2.05) is 31.2 Å². The first-order chi connectivity index (χ1) is 11.8. The predicted molar refractivity (Wildman–Crippen MR) is 92.9 cm³/mol. The van der Waals surface area contributed by atoms with Crippen LogP contribution in [0.5, 0.6) is 0 Å². The minimum atomic E-state index is -3.82. The Morgan fingerprint density at radius 1 is 1.08 bits per heavy atom. The van der Waals surface area contributed by atoms with Gasteiger partial charge in [-0.25, -0.2) is 22.7 Å². The average Bonchev–Trinajstić information content (AvgIpc) is 2.59. The Balaban J connectivity index is 1.96. The molecule has 8 heteroatoms. The molecular formula is C17H16N2O5S. The number of aromatic nitrogens is 1. The first-order valence-electron chi connectivity index (χ1n) is 7.47. The van der Waals surface area contributed by atoms with Crippen LogP contribution in [0.25, 0.3) is 10.9 Å². The Kier molecular flexibility index (Phi) is 4.32. The highest BCUT2D eigenvalue weighted by atomic mass is 32.2. The molecular weight excluding hydrogens is 344 g/mol. The van der Waals surface area contributed by atoms with Crippen molar-refractivity contribution in [1.82, 2.24) is 9.29 Å². The molecule has 0 radical (unpaired) electrons. The molecule has 0 bridgehead atoms. The van der Waals surface area contributed by atoms with Gasteiger partial charge in [0.1, 0.15) is 0 Å². The zero-order valence-corrected chi connectivity index (χ0v) is 14.5. The van der Waals surface area contributed by atoms with Gasteiger partial charge >= 0.3 is 11.4 Å².